The number of halogens is 1. The number of nitrogens with zero attached hydrogens (tertiary/aromatic N) is 1. The zero-order chi connectivity index (χ0) is 12.4. The summed E-state index contributed by atoms with van der Waals surface area (Å²) >= 11 is 5.97. The third-order valence-electron chi connectivity index (χ3n) is 2.73. The second-order valence-electron chi connectivity index (χ2n) is 3.88. The number of carbonyl (C=O) groups excluding carboxylic acids is 1. The lowest BCUT2D eigenvalue weighted by Crippen LogP contribution is -2.24. The van der Waals surface area contributed by atoms with Gasteiger partial charge in [0, 0.05) is 31.2 Å². The first kappa shape index (κ1) is 12.0. The van der Waals surface area contributed by atoms with Gasteiger partial charge in [-0.1, -0.05) is 0 Å². The molecule has 0 N–H and O–H groups in total. The Labute approximate surface area is 105 Å². The Morgan fingerprint density at radius 3 is 2.24 bits per heavy atom. The summed E-state index contributed by atoms with van der Waals surface area (Å²) in [5.41, 5.74) is 0.759. The lowest BCUT2D eigenvalue weighted by Gasteiger charge is -2.17. The largest absolute Gasteiger partial charge is 0.497 e. The number of anilines is 1. The van der Waals surface area contributed by atoms with Gasteiger partial charge < -0.3 is 14.4 Å². The average Bonchev–Trinajstić information content (AvgIpc) is 2.67. The Morgan fingerprint density at radius 1 is 1.24 bits per heavy atom. The Kier molecular flexibility index (Phi) is 3.43. The first-order chi connectivity index (χ1) is 8.13. The zero-order valence-electron chi connectivity index (χ0n) is 9.77. The molecule has 0 spiro atoms. The highest BCUT2D eigenvalue weighted by Gasteiger charge is 2.29. The molecule has 1 aromatic rings. The average molecular weight is 256 g/mol. The second-order valence-corrected chi connectivity index (χ2v) is 4.49. The number of benzene rings is 1. The van der Waals surface area contributed by atoms with E-state index in [1.54, 1.807) is 37.3 Å². The van der Waals surface area contributed by atoms with Gasteiger partial charge in [0.15, 0.2) is 0 Å². The van der Waals surface area contributed by atoms with Crippen LogP contribution in [-0.4, -0.2) is 32.0 Å². The minimum absolute atomic E-state index is 0.0281. The van der Waals surface area contributed by atoms with Gasteiger partial charge in [0.05, 0.1) is 25.3 Å². The maximum Gasteiger partial charge on any atom is 0.228 e. The van der Waals surface area contributed by atoms with Gasteiger partial charge in [-0.2, -0.15) is 0 Å². The molecule has 1 amide bonds. The van der Waals surface area contributed by atoms with E-state index in [2.05, 4.69) is 0 Å². The third-order valence-corrected chi connectivity index (χ3v) is 3.02. The van der Waals surface area contributed by atoms with Crippen LogP contribution in [0.25, 0.3) is 0 Å². The second kappa shape index (κ2) is 4.84. The predicted octanol–water partition coefficient (Wildman–Crippen LogP) is 2.05. The zero-order valence-corrected chi connectivity index (χ0v) is 10.5. The first-order valence-electron chi connectivity index (χ1n) is 5.31. The standard InChI is InChI=1S/C12H14ClNO3/c1-16-10-4-9(5-11(6-10)17-2)14-7-8(13)3-12(14)15/h4-6,8H,3,7H2,1-2H3. The summed E-state index contributed by atoms with van der Waals surface area (Å²) in [6.45, 7) is 0.525. The van der Waals surface area contributed by atoms with E-state index < -0.39 is 0 Å². The molecule has 0 saturated carbocycles. The van der Waals surface area contributed by atoms with Gasteiger partial charge >= 0.3 is 0 Å². The fourth-order valence-electron chi connectivity index (χ4n) is 1.86. The Hall–Kier alpha value is -1.42. The molecule has 1 aromatic carbocycles. The SMILES string of the molecule is COc1cc(OC)cc(N2CC(Cl)CC2=O)c1. The van der Waals surface area contributed by atoms with Crippen LogP contribution in [0.1, 0.15) is 6.42 Å². The van der Waals surface area contributed by atoms with E-state index in [1.165, 1.54) is 0 Å². The van der Waals surface area contributed by atoms with Crippen molar-refractivity contribution in [2.45, 2.75) is 11.8 Å². The lowest BCUT2D eigenvalue weighted by atomic mass is 10.2. The molecule has 0 radical (unpaired) electrons. The van der Waals surface area contributed by atoms with Crippen LogP contribution in [-0.2, 0) is 4.79 Å². The molecule has 1 aliphatic rings. The van der Waals surface area contributed by atoms with Gasteiger partial charge in [-0.25, -0.2) is 0 Å². The number of methoxy groups -OCH3 is 2. The summed E-state index contributed by atoms with van der Waals surface area (Å²) in [6, 6.07) is 5.37. The van der Waals surface area contributed by atoms with E-state index in [1.807, 2.05) is 0 Å². The highest BCUT2D eigenvalue weighted by molar-refractivity contribution is 6.24. The van der Waals surface area contributed by atoms with Gasteiger partial charge in [-0.05, 0) is 0 Å². The van der Waals surface area contributed by atoms with Crippen LogP contribution in [0.15, 0.2) is 18.2 Å². The molecule has 17 heavy (non-hydrogen) atoms. The van der Waals surface area contributed by atoms with Gasteiger partial charge in [-0.3, -0.25) is 4.79 Å². The summed E-state index contributed by atoms with van der Waals surface area (Å²) in [5.74, 6) is 1.34. The number of ether oxygens (including phenoxy) is 2. The minimum Gasteiger partial charge on any atom is -0.497 e. The van der Waals surface area contributed by atoms with E-state index in [9.17, 15) is 4.79 Å². The number of hydrogen-bond donors (Lipinski definition) is 0. The normalized spacial score (nSPS) is 19.6. The molecule has 0 aliphatic carbocycles. The van der Waals surface area contributed by atoms with Gasteiger partial charge in [-0.15, -0.1) is 11.6 Å². The maximum absolute atomic E-state index is 11.7. The molecule has 92 valence electrons. The van der Waals surface area contributed by atoms with Crippen molar-refractivity contribution in [3.63, 3.8) is 0 Å². The lowest BCUT2D eigenvalue weighted by molar-refractivity contribution is -0.117. The van der Waals surface area contributed by atoms with Crippen LogP contribution in [0.5, 0.6) is 11.5 Å². The monoisotopic (exact) mass is 255 g/mol. The van der Waals surface area contributed by atoms with Crippen molar-refractivity contribution in [2.75, 3.05) is 25.7 Å². The van der Waals surface area contributed by atoms with Gasteiger partial charge in [0.25, 0.3) is 0 Å². The topological polar surface area (TPSA) is 38.8 Å². The van der Waals surface area contributed by atoms with Crippen molar-refractivity contribution in [1.82, 2.24) is 0 Å². The first-order valence-corrected chi connectivity index (χ1v) is 5.75. The minimum atomic E-state index is -0.125. The number of alkyl halides is 1. The number of rotatable bonds is 3. The van der Waals surface area contributed by atoms with Gasteiger partial charge in [0.1, 0.15) is 11.5 Å². The van der Waals surface area contributed by atoms with Crippen LogP contribution < -0.4 is 14.4 Å². The fourth-order valence-corrected chi connectivity index (χ4v) is 2.13. The summed E-state index contributed by atoms with van der Waals surface area (Å²) in [4.78, 5) is 13.4. The summed E-state index contributed by atoms with van der Waals surface area (Å²) in [5, 5.41) is -0.125. The number of hydrogen-bond acceptors (Lipinski definition) is 3. The molecule has 1 heterocycles. The van der Waals surface area contributed by atoms with Crippen LogP contribution in [0.3, 0.4) is 0 Å². The Balaban J connectivity index is 2.34. The number of carbonyl (C=O) groups is 1. The smallest absolute Gasteiger partial charge is 0.228 e. The van der Waals surface area contributed by atoms with Crippen molar-refractivity contribution in [1.29, 1.82) is 0 Å². The van der Waals surface area contributed by atoms with E-state index in [4.69, 9.17) is 21.1 Å². The molecule has 5 heteroatoms. The van der Waals surface area contributed by atoms with Crippen molar-refractivity contribution in [3.8, 4) is 11.5 Å². The molecular formula is C12H14ClNO3. The van der Waals surface area contributed by atoms with E-state index in [0.717, 1.165) is 5.69 Å². The van der Waals surface area contributed by atoms with E-state index in [0.29, 0.717) is 24.5 Å². The Bertz CT molecular complexity index is 414. The maximum atomic E-state index is 11.7. The molecule has 1 unspecified atom stereocenters. The molecule has 1 atom stereocenters. The third kappa shape index (κ3) is 2.47. The molecule has 0 bridgehead atoms. The van der Waals surface area contributed by atoms with Crippen molar-refractivity contribution >= 4 is 23.2 Å². The molecule has 0 aromatic heterocycles. The quantitative estimate of drug-likeness (QED) is 0.776. The van der Waals surface area contributed by atoms with Gasteiger partial charge in [0.2, 0.25) is 5.91 Å². The summed E-state index contributed by atoms with van der Waals surface area (Å²) < 4.78 is 10.3. The molecular weight excluding hydrogens is 242 g/mol. The van der Waals surface area contributed by atoms with Crippen molar-refractivity contribution in [2.24, 2.45) is 0 Å². The van der Waals surface area contributed by atoms with E-state index >= 15 is 0 Å². The van der Waals surface area contributed by atoms with Crippen molar-refractivity contribution < 1.29 is 14.3 Å². The van der Waals surface area contributed by atoms with Crippen molar-refractivity contribution in [3.05, 3.63) is 18.2 Å². The summed E-state index contributed by atoms with van der Waals surface area (Å²) in [7, 11) is 3.16. The van der Waals surface area contributed by atoms with Crippen LogP contribution in [0.2, 0.25) is 0 Å². The molecule has 1 aliphatic heterocycles. The fraction of sp³-hybridized carbons (Fsp3) is 0.417. The number of amides is 1. The molecule has 1 saturated heterocycles. The summed E-state index contributed by atoms with van der Waals surface area (Å²) in [6.07, 6.45) is 0.376. The molecule has 1 fully saturated rings. The van der Waals surface area contributed by atoms with Crippen LogP contribution in [0.4, 0.5) is 5.69 Å². The highest BCUT2D eigenvalue weighted by Crippen LogP contribution is 2.31. The predicted molar refractivity (Wildman–Crippen MR) is 66.2 cm³/mol. The highest BCUT2D eigenvalue weighted by atomic mass is 35.5. The van der Waals surface area contributed by atoms with Crippen LogP contribution in [0, 0.1) is 0 Å². The van der Waals surface area contributed by atoms with E-state index in [-0.39, 0.29) is 11.3 Å². The molecule has 4 nitrogen and oxygen atoms in total. The molecule has 2 rings (SSSR count). The van der Waals surface area contributed by atoms with Crippen LogP contribution >= 0.6 is 11.6 Å². The Morgan fingerprint density at radius 2 is 1.82 bits per heavy atom.